The van der Waals surface area contributed by atoms with Crippen LogP contribution >= 0.6 is 15.9 Å². The molecule has 0 bridgehead atoms. The van der Waals surface area contributed by atoms with Gasteiger partial charge < -0.3 is 9.47 Å². The molecule has 3 nitrogen and oxygen atoms in total. The second-order valence-electron chi connectivity index (χ2n) is 4.59. The Morgan fingerprint density at radius 2 is 2.10 bits per heavy atom. The van der Waals surface area contributed by atoms with E-state index in [4.69, 9.17) is 9.47 Å². The largest absolute Gasteiger partial charge is 0.494 e. The highest BCUT2D eigenvalue weighted by molar-refractivity contribution is 9.10. The Morgan fingerprint density at radius 1 is 1.24 bits per heavy atom. The summed E-state index contributed by atoms with van der Waals surface area (Å²) >= 11 is 3.41. The molecule has 1 aliphatic heterocycles. The van der Waals surface area contributed by atoms with Gasteiger partial charge in [-0.2, -0.15) is 0 Å². The minimum Gasteiger partial charge on any atom is -0.494 e. The van der Waals surface area contributed by atoms with Gasteiger partial charge in [-0.05, 0) is 42.8 Å². The first-order valence-corrected chi connectivity index (χ1v) is 7.43. The van der Waals surface area contributed by atoms with Crippen LogP contribution < -0.4 is 9.47 Å². The van der Waals surface area contributed by atoms with E-state index in [1.165, 1.54) is 0 Å². The number of allylic oxidation sites excluding steroid dienone is 1. The van der Waals surface area contributed by atoms with Gasteiger partial charge in [-0.25, -0.2) is 0 Å². The Morgan fingerprint density at radius 3 is 2.86 bits per heavy atom. The molecule has 2 aromatic rings. The molecule has 0 amide bonds. The van der Waals surface area contributed by atoms with Crippen molar-refractivity contribution in [2.75, 3.05) is 6.61 Å². The van der Waals surface area contributed by atoms with Crippen LogP contribution in [0.1, 0.15) is 22.8 Å². The third kappa shape index (κ3) is 2.85. The number of fused-ring (bicyclic) bond motifs is 1. The number of halogens is 1. The van der Waals surface area contributed by atoms with Gasteiger partial charge in [0.1, 0.15) is 11.5 Å². The molecule has 2 aromatic carbocycles. The van der Waals surface area contributed by atoms with Gasteiger partial charge in [-0.1, -0.05) is 28.1 Å². The molecule has 21 heavy (non-hydrogen) atoms. The first-order valence-electron chi connectivity index (χ1n) is 6.64. The molecular weight excluding hydrogens is 332 g/mol. The summed E-state index contributed by atoms with van der Waals surface area (Å²) < 4.78 is 12.0. The van der Waals surface area contributed by atoms with Crippen LogP contribution in [-0.4, -0.2) is 12.4 Å². The van der Waals surface area contributed by atoms with Gasteiger partial charge in [0.05, 0.1) is 12.2 Å². The monoisotopic (exact) mass is 344 g/mol. The lowest BCUT2D eigenvalue weighted by Crippen LogP contribution is -1.97. The fourth-order valence-electron chi connectivity index (χ4n) is 2.17. The lowest BCUT2D eigenvalue weighted by atomic mass is 10.1. The Bertz CT molecular complexity index is 735. The fourth-order valence-corrected chi connectivity index (χ4v) is 2.59. The van der Waals surface area contributed by atoms with Crippen LogP contribution in [0.3, 0.4) is 0 Å². The van der Waals surface area contributed by atoms with E-state index in [-0.39, 0.29) is 5.78 Å². The number of rotatable bonds is 3. The van der Waals surface area contributed by atoms with Crippen molar-refractivity contribution in [1.82, 2.24) is 0 Å². The molecule has 0 fully saturated rings. The number of hydrogen-bond acceptors (Lipinski definition) is 3. The zero-order valence-electron chi connectivity index (χ0n) is 11.4. The van der Waals surface area contributed by atoms with Crippen LogP contribution in [0.15, 0.2) is 52.7 Å². The summed E-state index contributed by atoms with van der Waals surface area (Å²) in [4.78, 5) is 12.3. The fraction of sp³-hybridized carbons (Fsp3) is 0.118. The van der Waals surface area contributed by atoms with E-state index in [9.17, 15) is 4.79 Å². The molecule has 1 aliphatic rings. The molecule has 0 spiro atoms. The summed E-state index contributed by atoms with van der Waals surface area (Å²) in [6, 6.07) is 13.0. The van der Waals surface area contributed by atoms with Crippen molar-refractivity contribution in [3.8, 4) is 11.5 Å². The van der Waals surface area contributed by atoms with E-state index < -0.39 is 0 Å². The molecule has 3 rings (SSSR count). The van der Waals surface area contributed by atoms with Gasteiger partial charge in [0, 0.05) is 10.5 Å². The van der Waals surface area contributed by atoms with Crippen molar-refractivity contribution in [3.63, 3.8) is 0 Å². The second-order valence-corrected chi connectivity index (χ2v) is 5.50. The highest BCUT2D eigenvalue weighted by Crippen LogP contribution is 2.35. The SMILES string of the molecule is CCOc1ccc2c(c1)OC(=Cc1cccc(Br)c1)C2=O. The summed E-state index contributed by atoms with van der Waals surface area (Å²) in [5.41, 5.74) is 1.48. The van der Waals surface area contributed by atoms with Crippen LogP contribution in [0.5, 0.6) is 11.5 Å². The maximum absolute atomic E-state index is 12.3. The minimum atomic E-state index is -0.104. The first kappa shape index (κ1) is 13.9. The van der Waals surface area contributed by atoms with Crippen molar-refractivity contribution < 1.29 is 14.3 Å². The van der Waals surface area contributed by atoms with Crippen LogP contribution in [0.4, 0.5) is 0 Å². The highest BCUT2D eigenvalue weighted by atomic mass is 79.9. The Balaban J connectivity index is 1.92. The van der Waals surface area contributed by atoms with Crippen molar-refractivity contribution >= 4 is 27.8 Å². The van der Waals surface area contributed by atoms with Crippen molar-refractivity contribution in [2.45, 2.75) is 6.92 Å². The number of hydrogen-bond donors (Lipinski definition) is 0. The van der Waals surface area contributed by atoms with Crippen molar-refractivity contribution in [3.05, 3.63) is 63.8 Å². The lowest BCUT2D eigenvalue weighted by molar-refractivity contribution is 0.101. The second kappa shape index (κ2) is 5.74. The molecule has 0 saturated heterocycles. The molecule has 0 N–H and O–H groups in total. The van der Waals surface area contributed by atoms with E-state index in [0.29, 0.717) is 29.4 Å². The van der Waals surface area contributed by atoms with E-state index in [1.807, 2.05) is 31.2 Å². The molecule has 0 atom stereocenters. The molecule has 0 saturated carbocycles. The van der Waals surface area contributed by atoms with Gasteiger partial charge in [-0.3, -0.25) is 4.79 Å². The molecule has 106 valence electrons. The highest BCUT2D eigenvalue weighted by Gasteiger charge is 2.27. The van der Waals surface area contributed by atoms with Gasteiger partial charge in [0.25, 0.3) is 0 Å². The van der Waals surface area contributed by atoms with E-state index in [2.05, 4.69) is 15.9 Å². The predicted octanol–water partition coefficient (Wildman–Crippen LogP) is 4.46. The number of Topliss-reactive ketones (excluding diaryl/α,β-unsaturated/α-hetero) is 1. The molecule has 4 heteroatoms. The summed E-state index contributed by atoms with van der Waals surface area (Å²) in [5.74, 6) is 1.48. The Hall–Kier alpha value is -2.07. The zero-order valence-corrected chi connectivity index (χ0v) is 13.0. The number of benzene rings is 2. The summed E-state index contributed by atoms with van der Waals surface area (Å²) in [6.45, 7) is 2.49. The van der Waals surface area contributed by atoms with Crippen LogP contribution in [-0.2, 0) is 0 Å². The molecular formula is C17H13BrO3. The Kier molecular flexibility index (Phi) is 3.80. The summed E-state index contributed by atoms with van der Waals surface area (Å²) in [7, 11) is 0. The number of carbonyl (C=O) groups is 1. The third-order valence-electron chi connectivity index (χ3n) is 3.10. The van der Waals surface area contributed by atoms with Crippen molar-refractivity contribution in [2.24, 2.45) is 0 Å². The topological polar surface area (TPSA) is 35.5 Å². The van der Waals surface area contributed by atoms with E-state index in [1.54, 1.807) is 24.3 Å². The molecule has 0 aromatic heterocycles. The summed E-state index contributed by atoms with van der Waals surface area (Å²) in [5, 5.41) is 0. The number of carbonyl (C=O) groups excluding carboxylic acids is 1. The maximum atomic E-state index is 12.3. The molecule has 0 radical (unpaired) electrons. The van der Waals surface area contributed by atoms with Crippen LogP contribution in [0, 0.1) is 0 Å². The average molecular weight is 345 g/mol. The smallest absolute Gasteiger partial charge is 0.231 e. The molecule has 0 aliphatic carbocycles. The van der Waals surface area contributed by atoms with Gasteiger partial charge in [0.2, 0.25) is 5.78 Å². The van der Waals surface area contributed by atoms with E-state index >= 15 is 0 Å². The summed E-state index contributed by atoms with van der Waals surface area (Å²) in [6.07, 6.45) is 1.74. The third-order valence-corrected chi connectivity index (χ3v) is 3.59. The molecule has 1 heterocycles. The molecule has 0 unspecified atom stereocenters. The zero-order chi connectivity index (χ0) is 14.8. The minimum absolute atomic E-state index is 0.104. The van der Waals surface area contributed by atoms with Gasteiger partial charge in [0.15, 0.2) is 5.76 Å². The number of ether oxygens (including phenoxy) is 2. The van der Waals surface area contributed by atoms with Gasteiger partial charge in [-0.15, -0.1) is 0 Å². The number of ketones is 1. The van der Waals surface area contributed by atoms with Gasteiger partial charge >= 0.3 is 0 Å². The maximum Gasteiger partial charge on any atom is 0.231 e. The standard InChI is InChI=1S/C17H13BrO3/c1-2-20-13-6-7-14-15(10-13)21-16(17(14)19)9-11-4-3-5-12(18)8-11/h3-10H,2H2,1H3. The first-order chi connectivity index (χ1) is 10.2. The predicted molar refractivity (Wildman–Crippen MR) is 84.7 cm³/mol. The van der Waals surface area contributed by atoms with E-state index in [0.717, 1.165) is 10.0 Å². The van der Waals surface area contributed by atoms with Crippen LogP contribution in [0.25, 0.3) is 6.08 Å². The van der Waals surface area contributed by atoms with Crippen molar-refractivity contribution in [1.29, 1.82) is 0 Å². The quantitative estimate of drug-likeness (QED) is 0.771. The lowest BCUT2D eigenvalue weighted by Gasteiger charge is -2.03. The normalized spacial score (nSPS) is 15.0. The Labute approximate surface area is 131 Å². The average Bonchev–Trinajstić information content (AvgIpc) is 2.75. The van der Waals surface area contributed by atoms with Crippen LogP contribution in [0.2, 0.25) is 0 Å².